The van der Waals surface area contributed by atoms with Crippen LogP contribution in [0.3, 0.4) is 0 Å². The van der Waals surface area contributed by atoms with Gasteiger partial charge in [0.15, 0.2) is 24.8 Å². The van der Waals surface area contributed by atoms with Crippen molar-refractivity contribution in [3.8, 4) is 89.5 Å². The molecular weight excluding hydrogens is 1150 g/mol. The van der Waals surface area contributed by atoms with Crippen LogP contribution >= 0.6 is 0 Å². The Morgan fingerprint density at radius 1 is 0.284 bits per heavy atom. The Balaban J connectivity index is 0.000000255. The Morgan fingerprint density at radius 2 is 0.600 bits per heavy atom. The molecule has 0 N–H and O–H groups in total. The molecule has 0 aliphatic carbocycles. The standard InChI is InChI=1S/C28H36N.2C20H20N.C19H18N.4CH4/c1-19(2)13-24-16-28(29(7)18-25(24)14-20(3)4)27-17-26(21(5)15-22(27)6)23-11-9-8-10-12-23;2*1-15-13-16(2)19(20-11-7-8-12-21(20)3)14-18(15)17-9-5-4-6-10-17;1-15-11-12-17(16-8-4-3-5-9-16)14-18(15)19-10-6-7-13-20(19)2;;;;/h8-12,15-20H,13-14H2,1-7H3;2*4-14H,1-3H3;3-14H,1-2H3;4*1H4/q4*+1;;;;/i5D3,13D2,14D2;1D3;;;;;;. The van der Waals surface area contributed by atoms with Crippen molar-refractivity contribution in [2.75, 3.05) is 0 Å². The highest BCUT2D eigenvalue weighted by Crippen LogP contribution is 2.35. The summed E-state index contributed by atoms with van der Waals surface area (Å²) in [5.74, 6) is -0.728. The summed E-state index contributed by atoms with van der Waals surface area (Å²) in [7, 11) is 8.00. The van der Waals surface area contributed by atoms with Gasteiger partial charge in [0, 0.05) is 84.0 Å². The Kier molecular flexibility index (Phi) is 23.0. The van der Waals surface area contributed by atoms with E-state index in [1.165, 1.54) is 61.5 Å². The maximum atomic E-state index is 8.88. The number of rotatable bonds is 12. The lowest BCUT2D eigenvalue weighted by molar-refractivity contribution is -0.661. The first-order valence-electron chi connectivity index (χ1n) is 36.4. The number of nitrogens with zero attached hydrogens (tertiary/aromatic N) is 4. The molecule has 0 bridgehead atoms. The summed E-state index contributed by atoms with van der Waals surface area (Å²) in [6.45, 7) is 13.1. The maximum Gasteiger partial charge on any atom is 0.212 e. The summed E-state index contributed by atoms with van der Waals surface area (Å²) in [6, 6.07) is 79.3. The lowest BCUT2D eigenvalue weighted by Crippen LogP contribution is -2.32. The summed E-state index contributed by atoms with van der Waals surface area (Å²) >= 11 is 0. The van der Waals surface area contributed by atoms with E-state index >= 15 is 0 Å². The van der Waals surface area contributed by atoms with Gasteiger partial charge in [0.2, 0.25) is 22.8 Å². The van der Waals surface area contributed by atoms with E-state index in [4.69, 9.17) is 13.7 Å². The second-order valence-electron chi connectivity index (χ2n) is 24.2. The molecule has 8 aromatic carbocycles. The van der Waals surface area contributed by atoms with Crippen LogP contribution in [-0.2, 0) is 40.9 Å². The number of pyridine rings is 4. The minimum atomic E-state index is -2.30. The van der Waals surface area contributed by atoms with E-state index in [0.29, 0.717) is 27.9 Å². The van der Waals surface area contributed by atoms with Crippen molar-refractivity contribution >= 4 is 0 Å². The Hall–Kier alpha value is -9.64. The molecule has 0 unspecified atom stereocenters. The van der Waals surface area contributed by atoms with Crippen LogP contribution < -0.4 is 18.3 Å². The van der Waals surface area contributed by atoms with E-state index in [0.717, 1.165) is 44.6 Å². The van der Waals surface area contributed by atoms with Gasteiger partial charge in [-0.1, -0.05) is 209 Å². The van der Waals surface area contributed by atoms with Crippen molar-refractivity contribution in [3.63, 3.8) is 0 Å². The van der Waals surface area contributed by atoms with Crippen LogP contribution in [0.15, 0.2) is 261 Å². The van der Waals surface area contributed by atoms with Gasteiger partial charge in [-0.05, 0) is 204 Å². The van der Waals surface area contributed by atoms with Gasteiger partial charge in [-0.3, -0.25) is 0 Å². The minimum Gasteiger partial charge on any atom is -0.201 e. The van der Waals surface area contributed by atoms with Crippen LogP contribution in [-0.4, -0.2) is 0 Å². The molecule has 4 heteroatoms. The Morgan fingerprint density at radius 3 is 0.968 bits per heavy atom. The molecule has 4 heterocycles. The fourth-order valence-corrected chi connectivity index (χ4v) is 11.6. The van der Waals surface area contributed by atoms with Crippen LogP contribution in [0, 0.1) is 60.2 Å². The molecule has 12 rings (SSSR count). The summed E-state index contributed by atoms with van der Waals surface area (Å²) in [4.78, 5) is 0. The fourth-order valence-electron chi connectivity index (χ4n) is 11.6. The number of hydrogen-bond donors (Lipinski definition) is 0. The van der Waals surface area contributed by atoms with Gasteiger partial charge in [0.1, 0.15) is 28.2 Å². The Labute approximate surface area is 588 Å². The molecule has 4 nitrogen and oxygen atoms in total. The molecule has 0 saturated heterocycles. The van der Waals surface area contributed by atoms with E-state index < -0.39 is 26.4 Å². The average molecular weight is 1270 g/mol. The van der Waals surface area contributed by atoms with Crippen molar-refractivity contribution in [3.05, 3.63) is 311 Å². The fraction of sp³-hybridized carbons (Fsp3) is 0.253. The van der Waals surface area contributed by atoms with Crippen LogP contribution in [0.2, 0.25) is 0 Å². The predicted octanol–water partition coefficient (Wildman–Crippen LogP) is 22.5. The third-order valence-electron chi connectivity index (χ3n) is 16.3. The van der Waals surface area contributed by atoms with Crippen molar-refractivity contribution in [1.29, 1.82) is 0 Å². The summed E-state index contributed by atoms with van der Waals surface area (Å²) < 4.78 is 91.5. The van der Waals surface area contributed by atoms with Gasteiger partial charge in [-0.25, -0.2) is 18.3 Å². The quantitative estimate of drug-likeness (QED) is 0.108. The normalized spacial score (nSPS) is 12.5. The van der Waals surface area contributed by atoms with Crippen molar-refractivity contribution in [1.82, 2.24) is 0 Å². The van der Waals surface area contributed by atoms with E-state index in [9.17, 15) is 0 Å². The average Bonchev–Trinajstić information content (AvgIpc) is 0.747. The smallest absolute Gasteiger partial charge is 0.201 e. The first-order chi connectivity index (χ1) is 47.8. The van der Waals surface area contributed by atoms with Crippen molar-refractivity contribution in [2.45, 2.75) is 118 Å². The SMILES string of the molecule is C.C.C.C.Cc1cc(C)c(-c2cccc[n+]2C)cc1-c1ccccc1.Cc1ccc(-c2ccccc2)cc1-c1cccc[n+]1C.[2H]C([2H])([2H])c1cc(C)c(-c2cc(C([2H])([2H])C(C)C)c(C([2H])([2H])C(C)C)c[n+]2C)cc1-c1ccccc1.[2H]C([2H])([2H])c1cc(C)c(-c2cccc[n+]2C)cc1-c1ccccc1. The molecular formula is C91H110N4+4. The molecule has 4 aromatic heterocycles. The number of aromatic nitrogens is 4. The first-order valence-corrected chi connectivity index (χ1v) is 31.4. The third kappa shape index (κ3) is 19.3. The minimum absolute atomic E-state index is 0. The molecule has 0 amide bonds. The van der Waals surface area contributed by atoms with Crippen LogP contribution in [0.1, 0.15) is 121 Å². The predicted molar refractivity (Wildman–Crippen MR) is 411 cm³/mol. The van der Waals surface area contributed by atoms with Gasteiger partial charge >= 0.3 is 0 Å². The number of aryl methyl sites for hydroxylation is 11. The van der Waals surface area contributed by atoms with Gasteiger partial charge in [-0.2, -0.15) is 0 Å². The maximum absolute atomic E-state index is 8.88. The van der Waals surface area contributed by atoms with E-state index in [1.54, 1.807) is 52.1 Å². The van der Waals surface area contributed by atoms with Crippen LogP contribution in [0.5, 0.6) is 0 Å². The van der Waals surface area contributed by atoms with Gasteiger partial charge in [0.25, 0.3) is 0 Å². The third-order valence-corrected chi connectivity index (χ3v) is 16.3. The lowest BCUT2D eigenvalue weighted by Gasteiger charge is -2.16. The molecule has 0 atom stereocenters. The Bertz CT molecular complexity index is 4830. The number of benzene rings is 8. The summed E-state index contributed by atoms with van der Waals surface area (Å²) in [5.41, 5.74) is 23.8. The molecule has 0 aliphatic heterocycles. The zero-order valence-corrected chi connectivity index (χ0v) is 55.3. The lowest BCUT2D eigenvalue weighted by atomic mass is 9.90. The number of hydrogen-bond acceptors (Lipinski definition) is 0. The molecule has 0 radical (unpaired) electrons. The first kappa shape index (κ1) is 61.5. The summed E-state index contributed by atoms with van der Waals surface area (Å²) in [5, 5.41) is 0. The summed E-state index contributed by atoms with van der Waals surface area (Å²) in [6.07, 6.45) is 4.37. The molecule has 0 aliphatic rings. The van der Waals surface area contributed by atoms with Gasteiger partial charge < -0.3 is 0 Å². The van der Waals surface area contributed by atoms with E-state index in [2.05, 4.69) is 184 Å². The highest BCUT2D eigenvalue weighted by molar-refractivity contribution is 5.79. The van der Waals surface area contributed by atoms with Gasteiger partial charge in [-0.15, -0.1) is 0 Å². The monoisotopic (exact) mass is 1270 g/mol. The van der Waals surface area contributed by atoms with E-state index in [-0.39, 0.29) is 47.1 Å². The zero-order chi connectivity index (χ0) is 73.3. The second kappa shape index (κ2) is 35.6. The largest absolute Gasteiger partial charge is 0.212 e. The van der Waals surface area contributed by atoms with Gasteiger partial charge in [0.05, 0.1) is 0 Å². The highest BCUT2D eigenvalue weighted by Gasteiger charge is 2.22. The van der Waals surface area contributed by atoms with Crippen LogP contribution in [0.25, 0.3) is 89.5 Å². The molecule has 0 spiro atoms. The molecule has 0 saturated carbocycles. The van der Waals surface area contributed by atoms with E-state index in [1.807, 2.05) is 134 Å². The second-order valence-corrected chi connectivity index (χ2v) is 24.2. The molecule has 12 aromatic rings. The van der Waals surface area contributed by atoms with Crippen LogP contribution in [0.4, 0.5) is 0 Å². The molecule has 0 fully saturated rings. The zero-order valence-electron chi connectivity index (χ0n) is 65.3. The van der Waals surface area contributed by atoms with Crippen molar-refractivity contribution < 1.29 is 32.0 Å². The van der Waals surface area contributed by atoms with Crippen molar-refractivity contribution in [2.24, 2.45) is 40.0 Å². The molecule has 490 valence electrons. The topological polar surface area (TPSA) is 15.5 Å². The highest BCUT2D eigenvalue weighted by atomic mass is 14.9. The molecule has 95 heavy (non-hydrogen) atoms.